The van der Waals surface area contributed by atoms with Crippen molar-refractivity contribution < 1.29 is 17.6 Å². The summed E-state index contributed by atoms with van der Waals surface area (Å²) in [5.41, 5.74) is 2.79. The van der Waals surface area contributed by atoms with Crippen LogP contribution in [0.3, 0.4) is 0 Å². The Morgan fingerprint density at radius 3 is 2.59 bits per heavy atom. The lowest BCUT2D eigenvalue weighted by Crippen LogP contribution is -2.35. The van der Waals surface area contributed by atoms with Crippen molar-refractivity contribution in [3.63, 3.8) is 0 Å². The van der Waals surface area contributed by atoms with Gasteiger partial charge in [0.2, 0.25) is 21.9 Å². The highest BCUT2D eigenvalue weighted by Crippen LogP contribution is 2.31. The summed E-state index contributed by atoms with van der Waals surface area (Å²) in [6.45, 7) is 5.99. The minimum absolute atomic E-state index is 0.158. The molecule has 0 radical (unpaired) electrons. The van der Waals surface area contributed by atoms with Crippen molar-refractivity contribution in [2.45, 2.75) is 37.5 Å². The fourth-order valence-corrected chi connectivity index (χ4v) is 5.62. The number of hydrogen-bond donors (Lipinski definition) is 4. The van der Waals surface area contributed by atoms with E-state index in [1.54, 1.807) is 56.4 Å². The molecule has 1 aliphatic heterocycles. The summed E-state index contributed by atoms with van der Waals surface area (Å²) in [6.07, 6.45) is 2.22. The van der Waals surface area contributed by atoms with E-state index in [0.29, 0.717) is 41.7 Å². The third-order valence-electron chi connectivity index (χ3n) is 6.94. The molecule has 0 unspecified atom stereocenters. The fourth-order valence-electron chi connectivity index (χ4n) is 4.50. The number of rotatable bonds is 4. The van der Waals surface area contributed by atoms with Crippen LogP contribution in [0.15, 0.2) is 77.8 Å². The van der Waals surface area contributed by atoms with Crippen LogP contribution in [0.4, 0.5) is 27.5 Å². The fraction of sp³-hybridized carbons (Fsp3) is 0.233. The summed E-state index contributed by atoms with van der Waals surface area (Å²) in [7, 11) is -3.64. The molecule has 1 aromatic heterocycles. The van der Waals surface area contributed by atoms with Crippen LogP contribution in [0.5, 0.6) is 0 Å². The quantitative estimate of drug-likeness (QED) is 0.259. The number of carbonyl (C=O) groups is 1. The first-order valence-electron chi connectivity index (χ1n) is 13.2. The van der Waals surface area contributed by atoms with E-state index in [4.69, 9.17) is 0 Å². The Balaban J connectivity index is 1.38. The van der Waals surface area contributed by atoms with Crippen molar-refractivity contribution in [3.8, 4) is 11.1 Å². The van der Waals surface area contributed by atoms with Gasteiger partial charge in [0.05, 0.1) is 10.3 Å². The lowest BCUT2D eigenvalue weighted by Gasteiger charge is -2.25. The van der Waals surface area contributed by atoms with Crippen molar-refractivity contribution in [3.05, 3.63) is 89.9 Å². The van der Waals surface area contributed by atoms with Gasteiger partial charge >= 0.3 is 0 Å². The Bertz CT molecular complexity index is 1710. The van der Waals surface area contributed by atoms with Crippen LogP contribution in [-0.2, 0) is 20.2 Å². The largest absolute Gasteiger partial charge is 0.369 e. The van der Waals surface area contributed by atoms with Crippen LogP contribution in [0.2, 0.25) is 0 Å². The van der Waals surface area contributed by atoms with Crippen LogP contribution in [0, 0.1) is 12.7 Å². The number of aromatic nitrogens is 2. The Kier molecular flexibility index (Phi) is 7.74. The summed E-state index contributed by atoms with van der Waals surface area (Å²) >= 11 is 0. The first-order valence-corrected chi connectivity index (χ1v) is 14.7. The van der Waals surface area contributed by atoms with Gasteiger partial charge in [0, 0.05) is 41.8 Å². The minimum Gasteiger partial charge on any atom is -0.369 e. The standard InChI is InChI=1S/C30H31FN6O3S/c1-19-8-13-26(31)25(16-19)30(2,3)28(38)35-21-11-9-20(10-12-21)24-18-33-29-36-22-6-4-7-23(17-22)41(39,40)34-15-5-14-32-27(24)37-29/h4,6-13,16-18,34H,5,14-15H2,1-3H3,(H,35,38)(H2,32,33,36,37). The summed E-state index contributed by atoms with van der Waals surface area (Å²) in [5, 5.41) is 9.26. The zero-order valence-corrected chi connectivity index (χ0v) is 23.8. The molecule has 0 atom stereocenters. The first-order chi connectivity index (χ1) is 19.5. The van der Waals surface area contributed by atoms with E-state index in [1.807, 2.05) is 19.1 Å². The smallest absolute Gasteiger partial charge is 0.240 e. The van der Waals surface area contributed by atoms with E-state index in [-0.39, 0.29) is 17.3 Å². The zero-order valence-electron chi connectivity index (χ0n) is 23.0. The molecule has 1 amide bonds. The normalized spacial score (nSPS) is 14.8. The molecule has 212 valence electrons. The molecule has 4 N–H and O–H groups in total. The molecule has 0 aliphatic carbocycles. The Hall–Kier alpha value is -4.35. The van der Waals surface area contributed by atoms with E-state index in [0.717, 1.165) is 16.7 Å². The summed E-state index contributed by atoms with van der Waals surface area (Å²) in [5.74, 6) is 0.143. The lowest BCUT2D eigenvalue weighted by molar-refractivity contribution is -0.120. The molecular weight excluding hydrogens is 543 g/mol. The van der Waals surface area contributed by atoms with E-state index < -0.39 is 21.3 Å². The number of nitrogens with one attached hydrogen (secondary N) is 4. The van der Waals surface area contributed by atoms with Crippen LogP contribution in [0.25, 0.3) is 11.1 Å². The average Bonchev–Trinajstić information content (AvgIpc) is 2.95. The van der Waals surface area contributed by atoms with Crippen LogP contribution < -0.4 is 20.7 Å². The predicted molar refractivity (Wildman–Crippen MR) is 158 cm³/mol. The molecule has 2 heterocycles. The van der Waals surface area contributed by atoms with Crippen LogP contribution >= 0.6 is 0 Å². The maximum Gasteiger partial charge on any atom is 0.240 e. The molecule has 3 aromatic carbocycles. The lowest BCUT2D eigenvalue weighted by atomic mass is 9.82. The minimum atomic E-state index is -3.64. The molecule has 9 nitrogen and oxygen atoms in total. The number of benzene rings is 3. The number of halogens is 1. The molecule has 0 fully saturated rings. The highest BCUT2D eigenvalue weighted by molar-refractivity contribution is 7.89. The van der Waals surface area contributed by atoms with Crippen molar-refractivity contribution in [2.75, 3.05) is 29.0 Å². The number of sulfonamides is 1. The predicted octanol–water partition coefficient (Wildman–Crippen LogP) is 5.34. The van der Waals surface area contributed by atoms with Gasteiger partial charge in [-0.05, 0) is 69.2 Å². The Labute approximate surface area is 238 Å². The van der Waals surface area contributed by atoms with Crippen molar-refractivity contribution >= 4 is 39.1 Å². The highest BCUT2D eigenvalue weighted by atomic mass is 32.2. The van der Waals surface area contributed by atoms with Gasteiger partial charge in [-0.1, -0.05) is 35.9 Å². The van der Waals surface area contributed by atoms with Gasteiger partial charge in [0.1, 0.15) is 11.6 Å². The highest BCUT2D eigenvalue weighted by Gasteiger charge is 2.32. The molecule has 4 aromatic rings. The van der Waals surface area contributed by atoms with Gasteiger partial charge in [0.25, 0.3) is 0 Å². The van der Waals surface area contributed by atoms with Crippen molar-refractivity contribution in [1.29, 1.82) is 0 Å². The van der Waals surface area contributed by atoms with Crippen molar-refractivity contribution in [2.24, 2.45) is 0 Å². The third kappa shape index (κ3) is 6.21. The number of carbonyl (C=O) groups excluding carboxylic acids is 1. The van der Waals surface area contributed by atoms with Crippen molar-refractivity contribution in [1.82, 2.24) is 14.7 Å². The first kappa shape index (κ1) is 28.2. The molecule has 5 rings (SSSR count). The van der Waals surface area contributed by atoms with Gasteiger partial charge in [-0.3, -0.25) is 4.79 Å². The van der Waals surface area contributed by atoms with Crippen LogP contribution in [-0.4, -0.2) is 37.4 Å². The number of fused-ring (bicyclic) bond motifs is 4. The second-order valence-corrected chi connectivity index (χ2v) is 12.2. The zero-order chi connectivity index (χ0) is 29.2. The number of hydrogen-bond acceptors (Lipinski definition) is 7. The second-order valence-electron chi connectivity index (χ2n) is 10.4. The third-order valence-corrected chi connectivity index (χ3v) is 8.40. The van der Waals surface area contributed by atoms with Gasteiger partial charge in [-0.2, -0.15) is 4.98 Å². The maximum atomic E-state index is 14.5. The number of nitrogens with zero attached hydrogens (tertiary/aromatic N) is 2. The average molecular weight is 575 g/mol. The molecule has 0 spiro atoms. The monoisotopic (exact) mass is 574 g/mol. The van der Waals surface area contributed by atoms with Crippen LogP contribution in [0.1, 0.15) is 31.4 Å². The molecule has 41 heavy (non-hydrogen) atoms. The Morgan fingerprint density at radius 1 is 1.02 bits per heavy atom. The topological polar surface area (TPSA) is 125 Å². The molecule has 0 saturated carbocycles. The SMILES string of the molecule is Cc1ccc(F)c(C(C)(C)C(=O)Nc2ccc(-c3cnc4nc3NCCCNS(=O)(=O)c3cccc(c3)N4)cc2)c1. The summed E-state index contributed by atoms with van der Waals surface area (Å²) < 4.78 is 42.4. The summed E-state index contributed by atoms with van der Waals surface area (Å²) in [4.78, 5) is 22.4. The molecule has 11 heteroatoms. The summed E-state index contributed by atoms with van der Waals surface area (Å²) in [6, 6.07) is 18.5. The van der Waals surface area contributed by atoms with E-state index >= 15 is 0 Å². The second kappa shape index (κ2) is 11.3. The van der Waals surface area contributed by atoms with Gasteiger partial charge in [-0.15, -0.1) is 0 Å². The van der Waals surface area contributed by atoms with Gasteiger partial charge in [-0.25, -0.2) is 22.5 Å². The number of anilines is 4. The molecule has 1 aliphatic rings. The Morgan fingerprint density at radius 2 is 1.80 bits per heavy atom. The van der Waals surface area contributed by atoms with Gasteiger partial charge in [0.15, 0.2) is 0 Å². The van der Waals surface area contributed by atoms with E-state index in [1.165, 1.54) is 18.2 Å². The number of amides is 1. The number of aryl methyl sites for hydroxylation is 1. The molecular formula is C30H31FN6O3S. The van der Waals surface area contributed by atoms with E-state index in [9.17, 15) is 17.6 Å². The maximum absolute atomic E-state index is 14.5. The van der Waals surface area contributed by atoms with Gasteiger partial charge < -0.3 is 16.0 Å². The molecule has 0 saturated heterocycles. The van der Waals surface area contributed by atoms with E-state index in [2.05, 4.69) is 30.6 Å². The molecule has 4 bridgehead atoms.